The summed E-state index contributed by atoms with van der Waals surface area (Å²) in [4.78, 5) is 48.1. The zero-order chi connectivity index (χ0) is 13.9. The minimum atomic E-state index is -5.17. The van der Waals surface area contributed by atoms with Crippen LogP contribution < -0.4 is 0 Å². The predicted octanol–water partition coefficient (Wildman–Crippen LogP) is -2.01. The van der Waals surface area contributed by atoms with Crippen LogP contribution in [0.25, 0.3) is 0 Å². The summed E-state index contributed by atoms with van der Waals surface area (Å²) in [6.45, 7) is 0. The molecular formula is C6H13Ca2O10P. The molecule has 10 nitrogen and oxygen atoms in total. The SMILES string of the molecule is O=C(O)CC(O)(CC(=O)OP(=O)(O)O)C(=O)O.[Ca+2].[Ca+2].[H-].[H-].[H-].[H-]. The number of hydrogen-bond acceptors (Lipinski definition) is 6. The van der Waals surface area contributed by atoms with Gasteiger partial charge in [0.2, 0.25) is 0 Å². The maximum atomic E-state index is 10.8. The second-order valence-corrected chi connectivity index (χ2v) is 4.20. The summed E-state index contributed by atoms with van der Waals surface area (Å²) in [5, 5.41) is 26.1. The second kappa shape index (κ2) is 9.88. The summed E-state index contributed by atoms with van der Waals surface area (Å²) >= 11 is 0. The molecule has 0 radical (unpaired) electrons. The fourth-order valence-electron chi connectivity index (χ4n) is 0.868. The number of aliphatic hydroxyl groups is 1. The zero-order valence-electron chi connectivity index (χ0n) is 13.6. The summed E-state index contributed by atoms with van der Waals surface area (Å²) in [5.41, 5.74) is -2.99. The summed E-state index contributed by atoms with van der Waals surface area (Å²) in [6, 6.07) is 0. The number of aliphatic carboxylic acids is 2. The largest absolute Gasteiger partial charge is 2.00 e. The van der Waals surface area contributed by atoms with Gasteiger partial charge in [0.05, 0.1) is 12.8 Å². The average Bonchev–Trinajstić information content (AvgIpc) is 1.96. The fraction of sp³-hybridized carbons (Fsp3) is 0.500. The minimum absolute atomic E-state index is 0. The van der Waals surface area contributed by atoms with E-state index in [2.05, 4.69) is 4.52 Å². The molecule has 0 aromatic rings. The molecule has 0 aromatic carbocycles. The third-order valence-corrected chi connectivity index (χ3v) is 1.94. The van der Waals surface area contributed by atoms with E-state index in [0.29, 0.717) is 0 Å². The first-order valence-electron chi connectivity index (χ1n) is 3.92. The van der Waals surface area contributed by atoms with Gasteiger partial charge in [-0.15, -0.1) is 0 Å². The molecule has 0 aromatic heterocycles. The molecule has 0 aliphatic rings. The van der Waals surface area contributed by atoms with E-state index < -0.39 is 44.2 Å². The summed E-state index contributed by atoms with van der Waals surface area (Å²) in [6.07, 6.45) is -2.72. The van der Waals surface area contributed by atoms with Crippen LogP contribution in [0.5, 0.6) is 0 Å². The molecule has 0 fully saturated rings. The molecule has 19 heavy (non-hydrogen) atoms. The van der Waals surface area contributed by atoms with Gasteiger partial charge in [0.15, 0.2) is 5.60 Å². The van der Waals surface area contributed by atoms with Crippen LogP contribution in [0.1, 0.15) is 18.5 Å². The first-order chi connectivity index (χ1) is 7.46. The van der Waals surface area contributed by atoms with Gasteiger partial charge < -0.3 is 25.5 Å². The Morgan fingerprint density at radius 3 is 1.79 bits per heavy atom. The standard InChI is InChI=1S/C6H9O10P.2Ca.4H/c7-3(8)1-6(12,5(10)11)2-4(9)16-17(13,14)15;;;;;;/h12H,1-2H2,(H,7,8)(H,10,11)(H2,13,14,15);;;;;;/q;2*+2;4*-1. The summed E-state index contributed by atoms with van der Waals surface area (Å²) in [5.74, 6) is -5.47. The monoisotopic (exact) mass is 356 g/mol. The van der Waals surface area contributed by atoms with Crippen molar-refractivity contribution in [2.24, 2.45) is 0 Å². The Labute approximate surface area is 172 Å². The number of hydrogen-bond donors (Lipinski definition) is 5. The first-order valence-corrected chi connectivity index (χ1v) is 5.45. The molecule has 106 valence electrons. The molecule has 1 unspecified atom stereocenters. The van der Waals surface area contributed by atoms with Crippen LogP contribution >= 0.6 is 7.82 Å². The van der Waals surface area contributed by atoms with Crippen molar-refractivity contribution in [3.8, 4) is 0 Å². The van der Waals surface area contributed by atoms with Crippen molar-refractivity contribution in [3.05, 3.63) is 0 Å². The molecule has 0 amide bonds. The Morgan fingerprint density at radius 1 is 1.11 bits per heavy atom. The Bertz CT molecular complexity index is 407. The second-order valence-electron chi connectivity index (χ2n) is 3.04. The Morgan fingerprint density at radius 2 is 1.53 bits per heavy atom. The van der Waals surface area contributed by atoms with Crippen molar-refractivity contribution in [2.45, 2.75) is 18.4 Å². The van der Waals surface area contributed by atoms with Crippen molar-refractivity contribution in [2.75, 3.05) is 0 Å². The van der Waals surface area contributed by atoms with Crippen LogP contribution in [0.4, 0.5) is 0 Å². The van der Waals surface area contributed by atoms with Gasteiger partial charge in [-0.25, -0.2) is 9.36 Å². The van der Waals surface area contributed by atoms with Crippen molar-refractivity contribution >= 4 is 101 Å². The maximum Gasteiger partial charge on any atom is 2.00 e. The van der Waals surface area contributed by atoms with Gasteiger partial charge in [-0.05, 0) is 0 Å². The molecule has 13 heteroatoms. The third kappa shape index (κ3) is 11.4. The zero-order valence-corrected chi connectivity index (χ0v) is 14.9. The van der Waals surface area contributed by atoms with Crippen LogP contribution in [0.3, 0.4) is 0 Å². The van der Waals surface area contributed by atoms with E-state index in [0.717, 1.165) is 0 Å². The normalized spacial score (nSPS) is 13.2. The van der Waals surface area contributed by atoms with Crippen LogP contribution in [0.15, 0.2) is 0 Å². The Kier molecular flexibility index (Phi) is 13.0. The maximum absolute atomic E-state index is 10.8. The van der Waals surface area contributed by atoms with Gasteiger partial charge in [0.25, 0.3) is 0 Å². The van der Waals surface area contributed by atoms with Crippen LogP contribution in [0, 0.1) is 0 Å². The van der Waals surface area contributed by atoms with Gasteiger partial charge in [-0.3, -0.25) is 19.4 Å². The first kappa shape index (κ1) is 25.0. The van der Waals surface area contributed by atoms with Crippen molar-refractivity contribution in [3.63, 3.8) is 0 Å². The van der Waals surface area contributed by atoms with Crippen molar-refractivity contribution < 1.29 is 54.3 Å². The molecule has 5 N–H and O–H groups in total. The number of phosphoric acid groups is 1. The van der Waals surface area contributed by atoms with E-state index in [1.807, 2.05) is 0 Å². The van der Waals surface area contributed by atoms with Gasteiger partial charge in [-0.1, -0.05) is 0 Å². The third-order valence-electron chi connectivity index (χ3n) is 1.50. The molecule has 0 aliphatic carbocycles. The van der Waals surface area contributed by atoms with Gasteiger partial charge in [0.1, 0.15) is 0 Å². The predicted molar refractivity (Wildman–Crippen MR) is 63.5 cm³/mol. The molecule has 0 spiro atoms. The van der Waals surface area contributed by atoms with Crippen LogP contribution in [-0.2, 0) is 23.5 Å². The van der Waals surface area contributed by atoms with Crippen molar-refractivity contribution in [1.82, 2.24) is 0 Å². The average molecular weight is 356 g/mol. The molecule has 0 bridgehead atoms. The van der Waals surface area contributed by atoms with E-state index in [-0.39, 0.29) is 81.2 Å². The van der Waals surface area contributed by atoms with Gasteiger partial charge in [-0.2, -0.15) is 0 Å². The van der Waals surface area contributed by atoms with Crippen LogP contribution in [-0.4, -0.2) is 124 Å². The van der Waals surface area contributed by atoms with Crippen LogP contribution in [0.2, 0.25) is 0 Å². The van der Waals surface area contributed by atoms with Gasteiger partial charge in [0, 0.05) is 0 Å². The van der Waals surface area contributed by atoms with Crippen molar-refractivity contribution in [1.29, 1.82) is 0 Å². The summed E-state index contributed by atoms with van der Waals surface area (Å²) in [7, 11) is -5.17. The minimum Gasteiger partial charge on any atom is -1.00 e. The molecular weight excluding hydrogens is 343 g/mol. The number of rotatable bonds is 6. The topological polar surface area (TPSA) is 179 Å². The number of phosphoric ester groups is 1. The number of carbonyl (C=O) groups excluding carboxylic acids is 1. The Hall–Kier alpha value is 1.04. The quantitative estimate of drug-likeness (QED) is 0.264. The number of carboxylic acid groups (broad SMARTS) is 2. The van der Waals surface area contributed by atoms with E-state index in [1.165, 1.54) is 0 Å². The summed E-state index contributed by atoms with van der Waals surface area (Å²) < 4.78 is 13.7. The molecule has 0 aliphatic heterocycles. The molecule has 0 heterocycles. The number of carboxylic acids is 2. The van der Waals surface area contributed by atoms with E-state index >= 15 is 0 Å². The molecule has 0 rings (SSSR count). The Balaban J connectivity index is -0.0000000853. The molecule has 0 saturated heterocycles. The molecule has 0 saturated carbocycles. The van der Waals surface area contributed by atoms with E-state index in [1.54, 1.807) is 0 Å². The van der Waals surface area contributed by atoms with Gasteiger partial charge >= 0.3 is 101 Å². The fourth-order valence-corrected chi connectivity index (χ4v) is 1.20. The smallest absolute Gasteiger partial charge is 1.00 e. The van der Waals surface area contributed by atoms with E-state index in [4.69, 9.17) is 20.0 Å². The molecule has 1 atom stereocenters. The van der Waals surface area contributed by atoms with E-state index in [9.17, 15) is 24.1 Å². The number of carbonyl (C=O) groups is 3.